The Balaban J connectivity index is 1.44. The molecule has 1 saturated heterocycles. The minimum Gasteiger partial charge on any atom is -0.367 e. The number of thiophene rings is 1. The minimum absolute atomic E-state index is 0.105. The van der Waals surface area contributed by atoms with E-state index < -0.39 is 0 Å². The molecule has 1 atom stereocenters. The second-order valence-electron chi connectivity index (χ2n) is 5.52. The summed E-state index contributed by atoms with van der Waals surface area (Å²) < 4.78 is 5.58. The summed E-state index contributed by atoms with van der Waals surface area (Å²) in [4.78, 5) is 15.7. The van der Waals surface area contributed by atoms with Gasteiger partial charge >= 0.3 is 0 Å². The Bertz CT molecular complexity index is 601. The van der Waals surface area contributed by atoms with Gasteiger partial charge in [-0.3, -0.25) is 4.79 Å². The van der Waals surface area contributed by atoms with Crippen LogP contribution in [-0.2, 0) is 16.1 Å². The van der Waals surface area contributed by atoms with Crippen LogP contribution >= 0.6 is 23.1 Å². The highest BCUT2D eigenvalue weighted by Gasteiger charge is 2.22. The van der Waals surface area contributed by atoms with Gasteiger partial charge in [0.15, 0.2) is 0 Å². The molecule has 3 rings (SSSR count). The molecule has 2 heterocycles. The second kappa shape index (κ2) is 8.52. The molecule has 0 N–H and O–H groups in total. The van der Waals surface area contributed by atoms with E-state index in [1.807, 2.05) is 58.3 Å². The minimum atomic E-state index is 0.105. The Morgan fingerprint density at radius 2 is 2.04 bits per heavy atom. The summed E-state index contributed by atoms with van der Waals surface area (Å²) in [6.07, 6.45) is 1.02. The van der Waals surface area contributed by atoms with E-state index in [2.05, 4.69) is 17.5 Å². The van der Waals surface area contributed by atoms with Gasteiger partial charge in [0.05, 0.1) is 6.61 Å². The maximum absolute atomic E-state index is 12.3. The molecular weight excluding hydrogens is 326 g/mol. The van der Waals surface area contributed by atoms with Crippen molar-refractivity contribution >= 4 is 29.0 Å². The number of hydrogen-bond donors (Lipinski definition) is 0. The number of nitrogens with zero attached hydrogens (tertiary/aromatic N) is 1. The van der Waals surface area contributed by atoms with Crippen molar-refractivity contribution in [1.29, 1.82) is 0 Å². The Hall–Kier alpha value is -1.30. The first-order valence-corrected chi connectivity index (χ1v) is 9.80. The summed E-state index contributed by atoms with van der Waals surface area (Å²) in [6.45, 7) is 2.30. The van der Waals surface area contributed by atoms with Crippen molar-refractivity contribution in [3.05, 3.63) is 58.3 Å². The third-order valence-electron chi connectivity index (χ3n) is 3.89. The van der Waals surface area contributed by atoms with Gasteiger partial charge in [0.1, 0.15) is 6.61 Å². The smallest absolute Gasteiger partial charge is 0.248 e. The predicted molar refractivity (Wildman–Crippen MR) is 96.8 cm³/mol. The van der Waals surface area contributed by atoms with E-state index >= 15 is 0 Å². The lowest BCUT2D eigenvalue weighted by Gasteiger charge is -2.20. The van der Waals surface area contributed by atoms with Crippen molar-refractivity contribution in [2.24, 2.45) is 0 Å². The first-order chi connectivity index (χ1) is 11.3. The Labute approximate surface area is 145 Å². The van der Waals surface area contributed by atoms with Crippen molar-refractivity contribution in [1.82, 2.24) is 4.90 Å². The maximum atomic E-state index is 12.3. The van der Waals surface area contributed by atoms with Crippen molar-refractivity contribution in [3.8, 4) is 0 Å². The maximum Gasteiger partial charge on any atom is 0.248 e. The van der Waals surface area contributed by atoms with Gasteiger partial charge in [0.25, 0.3) is 0 Å². The zero-order chi connectivity index (χ0) is 15.9. The highest BCUT2D eigenvalue weighted by Crippen LogP contribution is 2.36. The standard InChI is InChI=1S/C18H21NO2S2/c20-18(14-21-13-15-5-2-1-3-6-15)19-9-8-17(23-12-10-19)16-7-4-11-22-16/h1-7,11,17H,8-10,12-14H2/t17-/m1/s1. The van der Waals surface area contributed by atoms with Crippen LogP contribution in [0.3, 0.4) is 0 Å². The van der Waals surface area contributed by atoms with E-state index in [4.69, 9.17) is 4.74 Å². The highest BCUT2D eigenvalue weighted by molar-refractivity contribution is 7.99. The molecule has 0 bridgehead atoms. The van der Waals surface area contributed by atoms with E-state index in [1.165, 1.54) is 4.88 Å². The van der Waals surface area contributed by atoms with Crippen molar-refractivity contribution in [2.75, 3.05) is 25.4 Å². The molecule has 0 unspecified atom stereocenters. The Kier molecular flexibility index (Phi) is 6.13. The van der Waals surface area contributed by atoms with E-state index in [1.54, 1.807) is 0 Å². The molecule has 2 aromatic rings. The molecule has 0 saturated carbocycles. The third-order valence-corrected chi connectivity index (χ3v) is 6.34. The number of carbonyl (C=O) groups is 1. The van der Waals surface area contributed by atoms with E-state index in [9.17, 15) is 4.79 Å². The lowest BCUT2D eigenvalue weighted by atomic mass is 10.2. The molecule has 23 heavy (non-hydrogen) atoms. The van der Waals surface area contributed by atoms with Crippen LogP contribution < -0.4 is 0 Å². The molecule has 1 amide bonds. The van der Waals surface area contributed by atoms with Gasteiger partial charge in [-0.15, -0.1) is 11.3 Å². The zero-order valence-electron chi connectivity index (χ0n) is 13.0. The van der Waals surface area contributed by atoms with Crippen LogP contribution in [0.5, 0.6) is 0 Å². The molecule has 1 fully saturated rings. The van der Waals surface area contributed by atoms with Crippen LogP contribution in [0.15, 0.2) is 47.8 Å². The molecule has 1 aromatic heterocycles. The van der Waals surface area contributed by atoms with Crippen LogP contribution in [0.4, 0.5) is 0 Å². The summed E-state index contributed by atoms with van der Waals surface area (Å²) in [5, 5.41) is 2.65. The number of thioether (sulfide) groups is 1. The predicted octanol–water partition coefficient (Wildman–Crippen LogP) is 3.97. The van der Waals surface area contributed by atoms with Gasteiger partial charge in [0, 0.05) is 29.0 Å². The number of amides is 1. The monoisotopic (exact) mass is 347 g/mol. The molecular formula is C18H21NO2S2. The molecule has 5 heteroatoms. The zero-order valence-corrected chi connectivity index (χ0v) is 14.7. The lowest BCUT2D eigenvalue weighted by Crippen LogP contribution is -2.35. The van der Waals surface area contributed by atoms with E-state index in [0.29, 0.717) is 11.9 Å². The van der Waals surface area contributed by atoms with Crippen LogP contribution in [0.25, 0.3) is 0 Å². The van der Waals surface area contributed by atoms with Gasteiger partial charge in [-0.25, -0.2) is 0 Å². The summed E-state index contributed by atoms with van der Waals surface area (Å²) in [7, 11) is 0. The van der Waals surface area contributed by atoms with Crippen LogP contribution in [0.2, 0.25) is 0 Å². The fraction of sp³-hybridized carbons (Fsp3) is 0.389. The Morgan fingerprint density at radius 1 is 1.17 bits per heavy atom. The topological polar surface area (TPSA) is 29.5 Å². The van der Waals surface area contributed by atoms with Crippen molar-refractivity contribution < 1.29 is 9.53 Å². The number of ether oxygens (including phenoxy) is 1. The first-order valence-electron chi connectivity index (χ1n) is 7.87. The van der Waals surface area contributed by atoms with E-state index in [-0.39, 0.29) is 12.5 Å². The number of hydrogen-bond acceptors (Lipinski definition) is 4. The van der Waals surface area contributed by atoms with Crippen LogP contribution in [0, 0.1) is 0 Å². The van der Waals surface area contributed by atoms with Crippen molar-refractivity contribution in [3.63, 3.8) is 0 Å². The second-order valence-corrected chi connectivity index (χ2v) is 7.81. The first kappa shape index (κ1) is 16.6. The lowest BCUT2D eigenvalue weighted by molar-refractivity contribution is -0.136. The van der Waals surface area contributed by atoms with Gasteiger partial charge in [-0.1, -0.05) is 36.4 Å². The molecule has 122 valence electrons. The SMILES string of the molecule is O=C(COCc1ccccc1)N1CCS[C@@H](c2cccs2)CC1. The molecule has 1 aromatic carbocycles. The summed E-state index contributed by atoms with van der Waals surface area (Å²) in [6, 6.07) is 14.3. The van der Waals surface area contributed by atoms with Gasteiger partial charge in [-0.05, 0) is 23.4 Å². The Morgan fingerprint density at radius 3 is 2.83 bits per heavy atom. The number of benzene rings is 1. The number of rotatable bonds is 5. The van der Waals surface area contributed by atoms with E-state index in [0.717, 1.165) is 30.8 Å². The van der Waals surface area contributed by atoms with Gasteiger partial charge in [0.2, 0.25) is 5.91 Å². The number of carbonyl (C=O) groups excluding carboxylic acids is 1. The molecule has 0 aliphatic carbocycles. The fourth-order valence-corrected chi connectivity index (χ4v) is 4.88. The van der Waals surface area contributed by atoms with Gasteiger partial charge in [-0.2, -0.15) is 11.8 Å². The molecule has 0 radical (unpaired) electrons. The van der Waals surface area contributed by atoms with Gasteiger partial charge < -0.3 is 9.64 Å². The summed E-state index contributed by atoms with van der Waals surface area (Å²) in [5.74, 6) is 1.10. The average Bonchev–Trinajstić information content (AvgIpc) is 3.00. The quantitative estimate of drug-likeness (QED) is 0.819. The molecule has 3 nitrogen and oxygen atoms in total. The fourth-order valence-electron chi connectivity index (χ4n) is 2.64. The average molecular weight is 348 g/mol. The summed E-state index contributed by atoms with van der Waals surface area (Å²) >= 11 is 3.77. The van der Waals surface area contributed by atoms with Crippen LogP contribution in [0.1, 0.15) is 22.1 Å². The normalized spacial score (nSPS) is 18.6. The van der Waals surface area contributed by atoms with Crippen molar-refractivity contribution in [2.45, 2.75) is 18.3 Å². The summed E-state index contributed by atoms with van der Waals surface area (Å²) in [5.41, 5.74) is 1.10. The molecule has 1 aliphatic heterocycles. The largest absolute Gasteiger partial charge is 0.367 e. The third kappa shape index (κ3) is 4.83. The molecule has 1 aliphatic rings. The highest BCUT2D eigenvalue weighted by atomic mass is 32.2. The van der Waals surface area contributed by atoms with Crippen LogP contribution in [-0.4, -0.2) is 36.3 Å². The molecule has 0 spiro atoms.